The zero-order chi connectivity index (χ0) is 18.0. The van der Waals surface area contributed by atoms with Gasteiger partial charge in [0.2, 0.25) is 0 Å². The van der Waals surface area contributed by atoms with Gasteiger partial charge >= 0.3 is 6.18 Å². The minimum Gasteiger partial charge on any atom is -0.352 e. The highest BCUT2D eigenvalue weighted by molar-refractivity contribution is 5.94. The van der Waals surface area contributed by atoms with Gasteiger partial charge in [-0.1, -0.05) is 0 Å². The van der Waals surface area contributed by atoms with Gasteiger partial charge < -0.3 is 9.88 Å². The van der Waals surface area contributed by atoms with Gasteiger partial charge in [0.15, 0.2) is 5.65 Å². The molecule has 25 heavy (non-hydrogen) atoms. The number of alkyl halides is 3. The first kappa shape index (κ1) is 16.9. The second-order valence-corrected chi connectivity index (χ2v) is 5.51. The molecule has 130 valence electrons. The Kier molecular flexibility index (Phi) is 4.43. The maximum absolute atomic E-state index is 12.5. The number of carbonyl (C=O) groups excluding carboxylic acids is 1. The number of aromatic nitrogens is 3. The molecule has 0 saturated carbocycles. The Morgan fingerprint density at radius 3 is 2.56 bits per heavy atom. The van der Waals surface area contributed by atoms with E-state index in [1.54, 1.807) is 12.3 Å². The van der Waals surface area contributed by atoms with Crippen LogP contribution >= 0.6 is 0 Å². The van der Waals surface area contributed by atoms with Gasteiger partial charge in [-0.25, -0.2) is 9.97 Å². The maximum atomic E-state index is 12.5. The minimum absolute atomic E-state index is 0.180. The summed E-state index contributed by atoms with van der Waals surface area (Å²) in [6.45, 7) is 0.316. The number of hydrogen-bond donors (Lipinski definition) is 1. The highest BCUT2D eigenvalue weighted by Crippen LogP contribution is 2.29. The molecule has 0 aliphatic carbocycles. The van der Waals surface area contributed by atoms with Crippen molar-refractivity contribution < 1.29 is 18.0 Å². The standard InChI is InChI=1S/C17H15F3N4O/c1-24-14(23-13-3-2-9-21-15(13)24)8-10-22-16(25)11-4-6-12(7-5-11)17(18,19)20/h2-7,9H,8,10H2,1H3,(H,22,25). The van der Waals surface area contributed by atoms with Crippen molar-refractivity contribution in [2.75, 3.05) is 6.54 Å². The molecule has 0 spiro atoms. The molecular weight excluding hydrogens is 333 g/mol. The quantitative estimate of drug-likeness (QED) is 0.789. The molecule has 2 aromatic heterocycles. The Balaban J connectivity index is 1.61. The van der Waals surface area contributed by atoms with Crippen LogP contribution in [0.3, 0.4) is 0 Å². The lowest BCUT2D eigenvalue weighted by molar-refractivity contribution is -0.137. The minimum atomic E-state index is -4.41. The molecule has 3 rings (SSSR count). The number of rotatable bonds is 4. The predicted molar refractivity (Wildman–Crippen MR) is 86.0 cm³/mol. The lowest BCUT2D eigenvalue weighted by Crippen LogP contribution is -2.26. The van der Waals surface area contributed by atoms with Crippen LogP contribution < -0.4 is 5.32 Å². The molecular formula is C17H15F3N4O. The van der Waals surface area contributed by atoms with Crippen molar-refractivity contribution in [2.24, 2.45) is 7.05 Å². The number of nitrogens with zero attached hydrogens (tertiary/aromatic N) is 3. The number of imidazole rings is 1. The van der Waals surface area contributed by atoms with E-state index in [0.29, 0.717) is 13.0 Å². The fourth-order valence-electron chi connectivity index (χ4n) is 2.49. The SMILES string of the molecule is Cn1c(CCNC(=O)c2ccc(C(F)(F)F)cc2)nc2cccnc21. The molecule has 0 fully saturated rings. The van der Waals surface area contributed by atoms with E-state index in [9.17, 15) is 18.0 Å². The Morgan fingerprint density at radius 1 is 1.20 bits per heavy atom. The van der Waals surface area contributed by atoms with E-state index >= 15 is 0 Å². The molecule has 1 aromatic carbocycles. The van der Waals surface area contributed by atoms with Gasteiger partial charge in [-0.3, -0.25) is 4.79 Å². The normalized spacial score (nSPS) is 11.7. The summed E-state index contributed by atoms with van der Waals surface area (Å²) in [6, 6.07) is 7.77. The first-order valence-electron chi connectivity index (χ1n) is 7.58. The van der Waals surface area contributed by atoms with Crippen molar-refractivity contribution in [3.63, 3.8) is 0 Å². The summed E-state index contributed by atoms with van der Waals surface area (Å²) in [5, 5.41) is 2.68. The topological polar surface area (TPSA) is 59.8 Å². The van der Waals surface area contributed by atoms with Crippen molar-refractivity contribution in [1.82, 2.24) is 19.9 Å². The van der Waals surface area contributed by atoms with Crippen molar-refractivity contribution >= 4 is 17.1 Å². The Morgan fingerprint density at radius 2 is 1.92 bits per heavy atom. The van der Waals surface area contributed by atoms with Crippen LogP contribution in [0.4, 0.5) is 13.2 Å². The van der Waals surface area contributed by atoms with Crippen LogP contribution in [0.5, 0.6) is 0 Å². The number of benzene rings is 1. The van der Waals surface area contributed by atoms with E-state index in [4.69, 9.17) is 0 Å². The zero-order valence-electron chi connectivity index (χ0n) is 13.3. The first-order valence-corrected chi connectivity index (χ1v) is 7.58. The summed E-state index contributed by atoms with van der Waals surface area (Å²) in [4.78, 5) is 20.7. The molecule has 2 heterocycles. The lowest BCUT2D eigenvalue weighted by Gasteiger charge is -2.08. The number of nitrogens with one attached hydrogen (secondary N) is 1. The summed E-state index contributed by atoms with van der Waals surface area (Å²) < 4.78 is 39.4. The third kappa shape index (κ3) is 3.62. The van der Waals surface area contributed by atoms with Gasteiger partial charge in [-0.2, -0.15) is 13.2 Å². The summed E-state index contributed by atoms with van der Waals surface area (Å²) in [5.74, 6) is 0.340. The van der Waals surface area contributed by atoms with Gasteiger partial charge in [0, 0.05) is 31.8 Å². The van der Waals surface area contributed by atoms with Crippen LogP contribution in [0.15, 0.2) is 42.6 Å². The number of fused-ring (bicyclic) bond motifs is 1. The van der Waals surface area contributed by atoms with E-state index in [0.717, 1.165) is 41.3 Å². The van der Waals surface area contributed by atoms with Gasteiger partial charge in [-0.05, 0) is 36.4 Å². The monoisotopic (exact) mass is 348 g/mol. The highest BCUT2D eigenvalue weighted by atomic mass is 19.4. The Bertz CT molecular complexity index is 900. The number of aryl methyl sites for hydroxylation is 1. The van der Waals surface area contributed by atoms with E-state index in [-0.39, 0.29) is 5.56 Å². The molecule has 3 aromatic rings. The number of halogens is 3. The smallest absolute Gasteiger partial charge is 0.352 e. The van der Waals surface area contributed by atoms with Gasteiger partial charge in [0.1, 0.15) is 11.3 Å². The maximum Gasteiger partial charge on any atom is 0.416 e. The first-order chi connectivity index (χ1) is 11.9. The molecule has 5 nitrogen and oxygen atoms in total. The molecule has 0 aliphatic rings. The van der Waals surface area contributed by atoms with E-state index in [1.165, 1.54) is 0 Å². The summed E-state index contributed by atoms with van der Waals surface area (Å²) in [7, 11) is 1.84. The number of pyridine rings is 1. The van der Waals surface area contributed by atoms with E-state index in [1.807, 2.05) is 17.7 Å². The zero-order valence-corrected chi connectivity index (χ0v) is 13.3. The van der Waals surface area contributed by atoms with E-state index in [2.05, 4.69) is 15.3 Å². The second-order valence-electron chi connectivity index (χ2n) is 5.51. The van der Waals surface area contributed by atoms with Crippen LogP contribution in [-0.2, 0) is 19.6 Å². The average Bonchev–Trinajstić information content (AvgIpc) is 2.91. The molecule has 0 saturated heterocycles. The van der Waals surface area contributed by atoms with Crippen molar-refractivity contribution in [1.29, 1.82) is 0 Å². The summed E-state index contributed by atoms with van der Waals surface area (Å²) >= 11 is 0. The Labute approximate surface area is 141 Å². The van der Waals surface area contributed by atoms with Crippen LogP contribution in [-0.4, -0.2) is 27.0 Å². The van der Waals surface area contributed by atoms with E-state index < -0.39 is 17.6 Å². The number of carbonyl (C=O) groups is 1. The third-order valence-corrected chi connectivity index (χ3v) is 3.83. The average molecular weight is 348 g/mol. The third-order valence-electron chi connectivity index (χ3n) is 3.83. The lowest BCUT2D eigenvalue weighted by atomic mass is 10.1. The van der Waals surface area contributed by atoms with Crippen molar-refractivity contribution in [3.05, 3.63) is 59.5 Å². The van der Waals surface area contributed by atoms with Gasteiger partial charge in [0.05, 0.1) is 5.56 Å². The van der Waals surface area contributed by atoms with Crippen molar-refractivity contribution in [2.45, 2.75) is 12.6 Å². The highest BCUT2D eigenvalue weighted by Gasteiger charge is 2.30. The number of hydrogen-bond acceptors (Lipinski definition) is 3. The molecule has 0 aliphatic heterocycles. The van der Waals surface area contributed by atoms with Gasteiger partial charge in [-0.15, -0.1) is 0 Å². The van der Waals surface area contributed by atoms with Crippen LogP contribution in [0.1, 0.15) is 21.7 Å². The summed E-state index contributed by atoms with van der Waals surface area (Å²) in [5.41, 5.74) is 0.927. The molecule has 1 N–H and O–H groups in total. The molecule has 0 atom stereocenters. The van der Waals surface area contributed by atoms with Gasteiger partial charge in [0.25, 0.3) is 5.91 Å². The Hall–Kier alpha value is -2.90. The second kappa shape index (κ2) is 6.54. The summed E-state index contributed by atoms with van der Waals surface area (Å²) in [6.07, 6.45) is -2.25. The van der Waals surface area contributed by atoms with Crippen LogP contribution in [0.25, 0.3) is 11.2 Å². The molecule has 8 heteroatoms. The predicted octanol–water partition coefficient (Wildman–Crippen LogP) is 2.96. The van der Waals surface area contributed by atoms with Crippen LogP contribution in [0, 0.1) is 0 Å². The molecule has 0 unspecified atom stereocenters. The molecule has 0 radical (unpaired) electrons. The fourth-order valence-corrected chi connectivity index (χ4v) is 2.49. The number of amides is 1. The molecule has 1 amide bonds. The largest absolute Gasteiger partial charge is 0.416 e. The van der Waals surface area contributed by atoms with Crippen molar-refractivity contribution in [3.8, 4) is 0 Å². The molecule has 0 bridgehead atoms. The van der Waals surface area contributed by atoms with Crippen LogP contribution in [0.2, 0.25) is 0 Å². The fraction of sp³-hybridized carbons (Fsp3) is 0.235.